The fourth-order valence-electron chi connectivity index (χ4n) is 1.98. The SMILES string of the molecule is Cc1ccc([N+](=O)[O-])cc1C(=O)Cc1c(F)cccc1F. The molecule has 0 aromatic heterocycles. The molecule has 0 fully saturated rings. The van der Waals surface area contributed by atoms with Crippen LogP contribution in [0.1, 0.15) is 21.5 Å². The van der Waals surface area contributed by atoms with Crippen LogP contribution in [0.2, 0.25) is 0 Å². The van der Waals surface area contributed by atoms with Crippen molar-refractivity contribution in [2.45, 2.75) is 13.3 Å². The van der Waals surface area contributed by atoms with Gasteiger partial charge in [-0.05, 0) is 24.6 Å². The van der Waals surface area contributed by atoms with Gasteiger partial charge in [0, 0.05) is 29.7 Å². The van der Waals surface area contributed by atoms with Crippen molar-refractivity contribution in [1.29, 1.82) is 0 Å². The minimum Gasteiger partial charge on any atom is -0.294 e. The van der Waals surface area contributed by atoms with Crippen LogP contribution < -0.4 is 0 Å². The standard InChI is InChI=1S/C15H11F2NO3/c1-9-5-6-10(18(20)21)7-11(9)15(19)8-12-13(16)3-2-4-14(12)17/h2-7H,8H2,1H3. The van der Waals surface area contributed by atoms with Crippen molar-refractivity contribution < 1.29 is 18.5 Å². The smallest absolute Gasteiger partial charge is 0.270 e. The second-order valence-corrected chi connectivity index (χ2v) is 4.56. The zero-order chi connectivity index (χ0) is 15.6. The van der Waals surface area contributed by atoms with E-state index in [0.29, 0.717) is 5.56 Å². The Morgan fingerprint density at radius 1 is 1.19 bits per heavy atom. The van der Waals surface area contributed by atoms with Gasteiger partial charge in [-0.25, -0.2) is 8.78 Å². The van der Waals surface area contributed by atoms with Gasteiger partial charge >= 0.3 is 0 Å². The van der Waals surface area contributed by atoms with Crippen molar-refractivity contribution in [1.82, 2.24) is 0 Å². The summed E-state index contributed by atoms with van der Waals surface area (Å²) in [5.74, 6) is -2.20. The molecule has 0 heterocycles. The van der Waals surface area contributed by atoms with E-state index in [0.717, 1.165) is 18.2 Å². The van der Waals surface area contributed by atoms with Crippen LogP contribution in [0.15, 0.2) is 36.4 Å². The summed E-state index contributed by atoms with van der Waals surface area (Å²) in [5.41, 5.74) is 0.0283. The number of nitro benzene ring substituents is 1. The highest BCUT2D eigenvalue weighted by Crippen LogP contribution is 2.21. The first-order valence-electron chi connectivity index (χ1n) is 6.11. The number of carbonyl (C=O) groups excluding carboxylic acids is 1. The van der Waals surface area contributed by atoms with Crippen molar-refractivity contribution in [3.05, 3.63) is 74.8 Å². The highest BCUT2D eigenvalue weighted by atomic mass is 19.1. The van der Waals surface area contributed by atoms with Gasteiger partial charge in [0.1, 0.15) is 11.6 Å². The molecule has 108 valence electrons. The molecular formula is C15H11F2NO3. The summed E-state index contributed by atoms with van der Waals surface area (Å²) in [6.45, 7) is 1.61. The fraction of sp³-hybridized carbons (Fsp3) is 0.133. The topological polar surface area (TPSA) is 60.2 Å². The largest absolute Gasteiger partial charge is 0.294 e. The maximum Gasteiger partial charge on any atom is 0.270 e. The Hall–Kier alpha value is -2.63. The van der Waals surface area contributed by atoms with Crippen molar-refractivity contribution in [2.75, 3.05) is 0 Å². The molecule has 2 aromatic rings. The van der Waals surface area contributed by atoms with Crippen LogP contribution in [0.25, 0.3) is 0 Å². The molecule has 0 bridgehead atoms. The molecule has 0 N–H and O–H groups in total. The van der Waals surface area contributed by atoms with Gasteiger partial charge in [0.05, 0.1) is 4.92 Å². The van der Waals surface area contributed by atoms with E-state index in [4.69, 9.17) is 0 Å². The fourth-order valence-corrected chi connectivity index (χ4v) is 1.98. The predicted molar refractivity (Wildman–Crippen MR) is 72.2 cm³/mol. The number of hydrogen-bond acceptors (Lipinski definition) is 3. The van der Waals surface area contributed by atoms with Gasteiger partial charge in [0.2, 0.25) is 0 Å². The van der Waals surface area contributed by atoms with E-state index in [9.17, 15) is 23.7 Å². The summed E-state index contributed by atoms with van der Waals surface area (Å²) in [6.07, 6.45) is -0.486. The number of aryl methyl sites for hydroxylation is 1. The molecule has 0 saturated carbocycles. The van der Waals surface area contributed by atoms with Crippen LogP contribution in [-0.4, -0.2) is 10.7 Å². The number of nitrogens with zero attached hydrogens (tertiary/aromatic N) is 1. The Bertz CT molecular complexity index is 709. The summed E-state index contributed by atoms with van der Waals surface area (Å²) in [6, 6.07) is 7.16. The summed E-state index contributed by atoms with van der Waals surface area (Å²) in [7, 11) is 0. The minimum atomic E-state index is -0.813. The zero-order valence-electron chi connectivity index (χ0n) is 11.1. The zero-order valence-corrected chi connectivity index (χ0v) is 11.1. The molecule has 4 nitrogen and oxygen atoms in total. The lowest BCUT2D eigenvalue weighted by Gasteiger charge is -2.07. The second kappa shape index (κ2) is 5.78. The monoisotopic (exact) mass is 291 g/mol. The van der Waals surface area contributed by atoms with Crippen LogP contribution in [0, 0.1) is 28.7 Å². The Kier molecular flexibility index (Phi) is 4.07. The van der Waals surface area contributed by atoms with Gasteiger partial charge in [-0.3, -0.25) is 14.9 Å². The number of nitro groups is 1. The summed E-state index contributed by atoms with van der Waals surface area (Å²) in [4.78, 5) is 22.3. The highest BCUT2D eigenvalue weighted by Gasteiger charge is 2.18. The van der Waals surface area contributed by atoms with E-state index in [2.05, 4.69) is 0 Å². The maximum absolute atomic E-state index is 13.5. The van der Waals surface area contributed by atoms with E-state index in [-0.39, 0.29) is 16.8 Å². The highest BCUT2D eigenvalue weighted by molar-refractivity contribution is 5.99. The quantitative estimate of drug-likeness (QED) is 0.491. The number of ketones is 1. The van der Waals surface area contributed by atoms with Gasteiger partial charge in [0.25, 0.3) is 5.69 Å². The van der Waals surface area contributed by atoms with Gasteiger partial charge in [0.15, 0.2) is 5.78 Å². The first-order chi connectivity index (χ1) is 9.90. The summed E-state index contributed by atoms with van der Waals surface area (Å²) in [5, 5.41) is 10.7. The number of rotatable bonds is 4. The third-order valence-corrected chi connectivity index (χ3v) is 3.13. The van der Waals surface area contributed by atoms with Crippen molar-refractivity contribution in [3.8, 4) is 0 Å². The molecule has 0 aliphatic rings. The van der Waals surface area contributed by atoms with Gasteiger partial charge in [-0.1, -0.05) is 12.1 Å². The number of hydrogen-bond donors (Lipinski definition) is 0. The van der Waals surface area contributed by atoms with Gasteiger partial charge in [-0.2, -0.15) is 0 Å². The van der Waals surface area contributed by atoms with Crippen LogP contribution in [0.4, 0.5) is 14.5 Å². The molecule has 2 rings (SSSR count). The molecule has 0 unspecified atom stereocenters. The molecule has 0 atom stereocenters. The number of Topliss-reactive ketones (excluding diaryl/α,β-unsaturated/α-hetero) is 1. The molecule has 0 amide bonds. The van der Waals surface area contributed by atoms with Crippen LogP contribution in [-0.2, 0) is 6.42 Å². The van der Waals surface area contributed by atoms with E-state index in [1.807, 2.05) is 0 Å². The van der Waals surface area contributed by atoms with Crippen LogP contribution in [0.3, 0.4) is 0 Å². The van der Waals surface area contributed by atoms with Crippen LogP contribution >= 0.6 is 0 Å². The van der Waals surface area contributed by atoms with E-state index in [1.54, 1.807) is 6.92 Å². The van der Waals surface area contributed by atoms with E-state index >= 15 is 0 Å². The second-order valence-electron chi connectivity index (χ2n) is 4.56. The molecule has 0 aliphatic carbocycles. The van der Waals surface area contributed by atoms with Crippen LogP contribution in [0.5, 0.6) is 0 Å². The molecule has 6 heteroatoms. The molecule has 0 spiro atoms. The number of non-ortho nitro benzene ring substituents is 1. The third-order valence-electron chi connectivity index (χ3n) is 3.13. The van der Waals surface area contributed by atoms with E-state index < -0.39 is 28.8 Å². The van der Waals surface area contributed by atoms with Crippen molar-refractivity contribution in [2.24, 2.45) is 0 Å². The van der Waals surface area contributed by atoms with Crippen molar-refractivity contribution >= 4 is 11.5 Å². The number of halogens is 2. The predicted octanol–water partition coefficient (Wildman–Crippen LogP) is 3.61. The lowest BCUT2D eigenvalue weighted by atomic mass is 9.98. The van der Waals surface area contributed by atoms with E-state index in [1.165, 1.54) is 18.2 Å². The molecule has 0 aliphatic heterocycles. The van der Waals surface area contributed by atoms with Crippen molar-refractivity contribution in [3.63, 3.8) is 0 Å². The first kappa shape index (κ1) is 14.8. The lowest BCUT2D eigenvalue weighted by Crippen LogP contribution is -2.09. The minimum absolute atomic E-state index is 0.0897. The molecular weight excluding hydrogens is 280 g/mol. The number of carbonyl (C=O) groups is 1. The normalized spacial score (nSPS) is 10.4. The Morgan fingerprint density at radius 3 is 2.38 bits per heavy atom. The number of benzene rings is 2. The summed E-state index contributed by atoms with van der Waals surface area (Å²) >= 11 is 0. The summed E-state index contributed by atoms with van der Waals surface area (Å²) < 4.78 is 27.1. The average molecular weight is 291 g/mol. The maximum atomic E-state index is 13.5. The van der Waals surface area contributed by atoms with Gasteiger partial charge < -0.3 is 0 Å². The van der Waals surface area contributed by atoms with Gasteiger partial charge in [-0.15, -0.1) is 0 Å². The molecule has 21 heavy (non-hydrogen) atoms. The Balaban J connectivity index is 2.37. The third kappa shape index (κ3) is 3.10. The lowest BCUT2D eigenvalue weighted by molar-refractivity contribution is -0.384. The average Bonchev–Trinajstić information content (AvgIpc) is 2.43. The Labute approximate surface area is 119 Å². The molecule has 0 radical (unpaired) electrons. The molecule has 2 aromatic carbocycles. The first-order valence-corrected chi connectivity index (χ1v) is 6.11. The Morgan fingerprint density at radius 2 is 1.81 bits per heavy atom. The molecule has 0 saturated heterocycles.